The maximum Gasteiger partial charge on any atom is 0.414 e. The number of hydrogen-bond acceptors (Lipinski definition) is 3. The van der Waals surface area contributed by atoms with E-state index in [1.54, 1.807) is 4.90 Å². The summed E-state index contributed by atoms with van der Waals surface area (Å²) >= 11 is 0. The molecule has 2 rings (SSSR count). The van der Waals surface area contributed by atoms with E-state index >= 15 is 0 Å². The van der Waals surface area contributed by atoms with Crippen molar-refractivity contribution in [2.24, 2.45) is 0 Å². The number of rotatable bonds is 0. The minimum Gasteiger partial charge on any atom is -0.443 e. The normalized spacial score (nSPS) is 14.7. The van der Waals surface area contributed by atoms with Crippen LogP contribution in [0.1, 0.15) is 31.9 Å². The number of carbonyl (C=O) groups excluding carboxylic acids is 1. The summed E-state index contributed by atoms with van der Waals surface area (Å²) in [5.74, 6) is 0. The van der Waals surface area contributed by atoms with Crippen molar-refractivity contribution in [2.45, 2.75) is 40.2 Å². The molecule has 0 aromatic heterocycles. The summed E-state index contributed by atoms with van der Waals surface area (Å²) in [7, 11) is 0. The molecule has 1 N–H and O–H groups in total. The number of fused-ring (bicyclic) bond motifs is 1. The van der Waals surface area contributed by atoms with Crippen LogP contribution in [-0.2, 0) is 4.74 Å². The second-order valence-electron chi connectivity index (χ2n) is 5.96. The van der Waals surface area contributed by atoms with Gasteiger partial charge in [0.05, 0.1) is 11.4 Å². The van der Waals surface area contributed by atoms with Gasteiger partial charge in [0.2, 0.25) is 0 Å². The molecule has 1 amide bonds. The fourth-order valence-electron chi connectivity index (χ4n) is 2.17. The molecule has 0 saturated carbocycles. The highest BCUT2D eigenvalue weighted by Gasteiger charge is 2.28. The second kappa shape index (κ2) is 4.76. The number of anilines is 2. The van der Waals surface area contributed by atoms with E-state index in [2.05, 4.69) is 19.2 Å². The van der Waals surface area contributed by atoms with E-state index in [0.29, 0.717) is 6.54 Å². The van der Waals surface area contributed by atoms with Crippen molar-refractivity contribution < 1.29 is 9.53 Å². The van der Waals surface area contributed by atoms with Crippen molar-refractivity contribution in [1.29, 1.82) is 0 Å². The molecule has 4 heteroatoms. The predicted octanol–water partition coefficient (Wildman–Crippen LogP) is 3.47. The standard InChI is InChI=1S/C15H22N2O2/c1-10-6-7-12-13(11(10)2)16-8-9-17(12)14(18)19-15(3,4)5/h6-7,16H,8-9H2,1-5H3. The van der Waals surface area contributed by atoms with Gasteiger partial charge in [-0.3, -0.25) is 4.90 Å². The molecule has 1 aliphatic heterocycles. The van der Waals surface area contributed by atoms with E-state index in [0.717, 1.165) is 17.9 Å². The molecule has 0 aliphatic carbocycles. The molecule has 1 aliphatic rings. The maximum atomic E-state index is 12.2. The molecule has 0 radical (unpaired) electrons. The molecular weight excluding hydrogens is 240 g/mol. The number of carbonyl (C=O) groups is 1. The van der Waals surface area contributed by atoms with Gasteiger partial charge in [0, 0.05) is 13.1 Å². The molecular formula is C15H22N2O2. The molecule has 4 nitrogen and oxygen atoms in total. The Hall–Kier alpha value is -1.71. The molecule has 1 aromatic carbocycles. The van der Waals surface area contributed by atoms with E-state index < -0.39 is 5.60 Å². The lowest BCUT2D eigenvalue weighted by molar-refractivity contribution is 0.0581. The van der Waals surface area contributed by atoms with E-state index in [1.807, 2.05) is 32.9 Å². The number of nitrogens with one attached hydrogen (secondary N) is 1. The lowest BCUT2D eigenvalue weighted by Crippen LogP contribution is -2.42. The number of ether oxygens (including phenoxy) is 1. The number of aryl methyl sites for hydroxylation is 1. The van der Waals surface area contributed by atoms with Crippen LogP contribution in [0, 0.1) is 13.8 Å². The molecule has 0 bridgehead atoms. The first-order valence-corrected chi connectivity index (χ1v) is 6.64. The molecule has 0 fully saturated rings. The quantitative estimate of drug-likeness (QED) is 0.778. The number of benzene rings is 1. The van der Waals surface area contributed by atoms with Crippen LogP contribution < -0.4 is 10.2 Å². The monoisotopic (exact) mass is 262 g/mol. The largest absolute Gasteiger partial charge is 0.443 e. The van der Waals surface area contributed by atoms with Crippen molar-refractivity contribution >= 4 is 17.5 Å². The van der Waals surface area contributed by atoms with Crippen LogP contribution in [0.4, 0.5) is 16.2 Å². The van der Waals surface area contributed by atoms with Gasteiger partial charge in [-0.1, -0.05) is 6.07 Å². The van der Waals surface area contributed by atoms with Gasteiger partial charge >= 0.3 is 6.09 Å². The van der Waals surface area contributed by atoms with Gasteiger partial charge in [0.25, 0.3) is 0 Å². The first kappa shape index (κ1) is 13.7. The maximum absolute atomic E-state index is 12.2. The third-order valence-electron chi connectivity index (χ3n) is 3.26. The molecule has 1 aromatic rings. The summed E-state index contributed by atoms with van der Waals surface area (Å²) in [6.45, 7) is 11.2. The Morgan fingerprint density at radius 3 is 2.63 bits per heavy atom. The molecule has 0 atom stereocenters. The van der Waals surface area contributed by atoms with Crippen molar-refractivity contribution in [2.75, 3.05) is 23.3 Å². The van der Waals surface area contributed by atoms with Crippen LogP contribution in [-0.4, -0.2) is 24.8 Å². The van der Waals surface area contributed by atoms with Crippen LogP contribution in [0.15, 0.2) is 12.1 Å². The van der Waals surface area contributed by atoms with E-state index in [1.165, 1.54) is 11.1 Å². The Morgan fingerprint density at radius 1 is 1.32 bits per heavy atom. The highest BCUT2D eigenvalue weighted by atomic mass is 16.6. The second-order valence-corrected chi connectivity index (χ2v) is 5.96. The van der Waals surface area contributed by atoms with Crippen LogP contribution in [0.25, 0.3) is 0 Å². The molecule has 1 heterocycles. The molecule has 104 valence electrons. The van der Waals surface area contributed by atoms with Gasteiger partial charge in [0.15, 0.2) is 0 Å². The van der Waals surface area contributed by atoms with Crippen LogP contribution in [0.2, 0.25) is 0 Å². The van der Waals surface area contributed by atoms with Crippen molar-refractivity contribution in [3.8, 4) is 0 Å². The van der Waals surface area contributed by atoms with E-state index in [4.69, 9.17) is 4.74 Å². The molecule has 0 saturated heterocycles. The summed E-state index contributed by atoms with van der Waals surface area (Å²) < 4.78 is 5.46. The van der Waals surface area contributed by atoms with Gasteiger partial charge in [-0.05, 0) is 51.8 Å². The summed E-state index contributed by atoms with van der Waals surface area (Å²) in [4.78, 5) is 14.0. The topological polar surface area (TPSA) is 41.6 Å². The minimum absolute atomic E-state index is 0.279. The molecule has 0 unspecified atom stereocenters. The highest BCUT2D eigenvalue weighted by Crippen LogP contribution is 2.34. The molecule has 19 heavy (non-hydrogen) atoms. The zero-order valence-electron chi connectivity index (χ0n) is 12.3. The van der Waals surface area contributed by atoms with Crippen molar-refractivity contribution in [3.63, 3.8) is 0 Å². The lowest BCUT2D eigenvalue weighted by atomic mass is 10.0. The lowest BCUT2D eigenvalue weighted by Gasteiger charge is -2.33. The van der Waals surface area contributed by atoms with Gasteiger partial charge < -0.3 is 10.1 Å². The number of hydrogen-bond donors (Lipinski definition) is 1. The zero-order chi connectivity index (χ0) is 14.2. The Balaban J connectivity index is 2.33. The zero-order valence-corrected chi connectivity index (χ0v) is 12.3. The summed E-state index contributed by atoms with van der Waals surface area (Å²) in [5, 5.41) is 3.37. The summed E-state index contributed by atoms with van der Waals surface area (Å²) in [6.07, 6.45) is -0.279. The van der Waals surface area contributed by atoms with Gasteiger partial charge in [-0.15, -0.1) is 0 Å². The number of nitrogens with zero attached hydrogens (tertiary/aromatic N) is 1. The smallest absolute Gasteiger partial charge is 0.414 e. The Labute approximate surface area is 114 Å². The highest BCUT2D eigenvalue weighted by molar-refractivity contribution is 5.94. The van der Waals surface area contributed by atoms with Crippen LogP contribution in [0.5, 0.6) is 0 Å². The Kier molecular flexibility index (Phi) is 3.43. The summed E-state index contributed by atoms with van der Waals surface area (Å²) in [5.41, 5.74) is 3.88. The summed E-state index contributed by atoms with van der Waals surface area (Å²) in [6, 6.07) is 4.02. The fraction of sp³-hybridized carbons (Fsp3) is 0.533. The van der Waals surface area contributed by atoms with Crippen molar-refractivity contribution in [1.82, 2.24) is 0 Å². The average molecular weight is 262 g/mol. The van der Waals surface area contributed by atoms with Crippen LogP contribution in [0.3, 0.4) is 0 Å². The SMILES string of the molecule is Cc1ccc2c(c1C)NCCN2C(=O)OC(C)(C)C. The van der Waals surface area contributed by atoms with Crippen LogP contribution >= 0.6 is 0 Å². The first-order valence-electron chi connectivity index (χ1n) is 6.64. The fourth-order valence-corrected chi connectivity index (χ4v) is 2.17. The third kappa shape index (κ3) is 2.83. The molecule has 0 spiro atoms. The first-order chi connectivity index (χ1) is 8.79. The number of amides is 1. The van der Waals surface area contributed by atoms with Gasteiger partial charge in [0.1, 0.15) is 5.60 Å². The Morgan fingerprint density at radius 2 is 2.00 bits per heavy atom. The van der Waals surface area contributed by atoms with Gasteiger partial charge in [-0.2, -0.15) is 0 Å². The Bertz CT molecular complexity index is 504. The third-order valence-corrected chi connectivity index (χ3v) is 3.26. The van der Waals surface area contributed by atoms with E-state index in [-0.39, 0.29) is 6.09 Å². The van der Waals surface area contributed by atoms with Gasteiger partial charge in [-0.25, -0.2) is 4.79 Å². The predicted molar refractivity (Wildman–Crippen MR) is 78.0 cm³/mol. The van der Waals surface area contributed by atoms with Crippen molar-refractivity contribution in [3.05, 3.63) is 23.3 Å². The minimum atomic E-state index is -0.470. The van der Waals surface area contributed by atoms with E-state index in [9.17, 15) is 4.79 Å². The average Bonchev–Trinajstić information content (AvgIpc) is 2.31.